The van der Waals surface area contributed by atoms with Crippen LogP contribution >= 0.6 is 0 Å². The second-order valence-corrected chi connectivity index (χ2v) is 5.14. The second-order valence-electron chi connectivity index (χ2n) is 5.14. The molecule has 0 aromatic carbocycles. The van der Waals surface area contributed by atoms with E-state index in [1.807, 2.05) is 4.90 Å². The van der Waals surface area contributed by atoms with E-state index in [0.29, 0.717) is 6.54 Å². The number of rotatable bonds is 1. The largest absolute Gasteiger partial charge is 0.391 e. The van der Waals surface area contributed by atoms with Gasteiger partial charge in [-0.15, -0.1) is 0 Å². The number of piperidine rings is 1. The van der Waals surface area contributed by atoms with Crippen molar-refractivity contribution in [3.8, 4) is 0 Å². The number of amides is 1. The zero-order valence-corrected chi connectivity index (χ0v) is 9.77. The molecular weight excluding hydrogens is 204 g/mol. The molecule has 1 aliphatic carbocycles. The van der Waals surface area contributed by atoms with Crippen LogP contribution in [-0.4, -0.2) is 41.1 Å². The van der Waals surface area contributed by atoms with E-state index in [2.05, 4.69) is 0 Å². The van der Waals surface area contributed by atoms with Gasteiger partial charge in [-0.05, 0) is 25.7 Å². The molecule has 1 heterocycles. The Morgan fingerprint density at radius 1 is 1.19 bits per heavy atom. The summed E-state index contributed by atoms with van der Waals surface area (Å²) in [5, 5.41) is 9.57. The summed E-state index contributed by atoms with van der Waals surface area (Å²) in [5.74, 6) is 0.171. The van der Waals surface area contributed by atoms with Gasteiger partial charge in [0.1, 0.15) is 0 Å². The second kappa shape index (κ2) is 5.15. The van der Waals surface area contributed by atoms with Crippen molar-refractivity contribution in [1.29, 1.82) is 0 Å². The van der Waals surface area contributed by atoms with E-state index in [4.69, 9.17) is 5.73 Å². The van der Waals surface area contributed by atoms with Crippen molar-refractivity contribution in [2.75, 3.05) is 13.1 Å². The van der Waals surface area contributed by atoms with E-state index in [1.165, 1.54) is 0 Å². The quantitative estimate of drug-likeness (QED) is 0.683. The molecule has 1 amide bonds. The van der Waals surface area contributed by atoms with Crippen LogP contribution in [0.25, 0.3) is 0 Å². The highest BCUT2D eigenvalue weighted by Gasteiger charge is 2.33. The number of hydrogen-bond acceptors (Lipinski definition) is 3. The molecule has 4 heteroatoms. The Morgan fingerprint density at radius 3 is 2.62 bits per heavy atom. The number of β-amino-alcohol motifs (C(OH)–C–C–N with tert-alkyl or cyclic N) is 1. The minimum atomic E-state index is -0.336. The van der Waals surface area contributed by atoms with Crippen LogP contribution in [0.2, 0.25) is 0 Å². The molecule has 3 N–H and O–H groups in total. The van der Waals surface area contributed by atoms with Gasteiger partial charge in [-0.1, -0.05) is 12.8 Å². The molecule has 0 aromatic heterocycles. The molecule has 3 atom stereocenters. The standard InChI is InChI=1S/C12H22N2O2/c13-11-6-2-1-5-10(11)12(16)14-7-3-4-9(15)8-14/h9-11,15H,1-8,13H2. The third kappa shape index (κ3) is 2.55. The summed E-state index contributed by atoms with van der Waals surface area (Å²) in [4.78, 5) is 14.1. The Hall–Kier alpha value is -0.610. The molecule has 0 aromatic rings. The maximum atomic E-state index is 12.2. The van der Waals surface area contributed by atoms with Gasteiger partial charge >= 0.3 is 0 Å². The lowest BCUT2D eigenvalue weighted by atomic mass is 9.84. The van der Waals surface area contributed by atoms with Gasteiger partial charge in [0, 0.05) is 19.1 Å². The van der Waals surface area contributed by atoms with Gasteiger partial charge in [0.25, 0.3) is 0 Å². The topological polar surface area (TPSA) is 66.6 Å². The van der Waals surface area contributed by atoms with Crippen LogP contribution in [0, 0.1) is 5.92 Å². The molecule has 0 bridgehead atoms. The minimum absolute atomic E-state index is 0.000880. The molecule has 2 rings (SSSR count). The average molecular weight is 226 g/mol. The van der Waals surface area contributed by atoms with Crippen LogP contribution < -0.4 is 5.73 Å². The molecule has 4 nitrogen and oxygen atoms in total. The van der Waals surface area contributed by atoms with E-state index in [1.54, 1.807) is 0 Å². The van der Waals surface area contributed by atoms with Crippen molar-refractivity contribution >= 4 is 5.91 Å². The minimum Gasteiger partial charge on any atom is -0.391 e. The molecule has 2 fully saturated rings. The molecule has 1 saturated heterocycles. The predicted octanol–water partition coefficient (Wildman–Crippen LogP) is 0.487. The lowest BCUT2D eigenvalue weighted by molar-refractivity contribution is -0.140. The first-order chi connectivity index (χ1) is 7.68. The smallest absolute Gasteiger partial charge is 0.227 e. The lowest BCUT2D eigenvalue weighted by Crippen LogP contribution is -2.49. The molecule has 92 valence electrons. The summed E-state index contributed by atoms with van der Waals surface area (Å²) in [6, 6.07) is 0.0281. The zero-order chi connectivity index (χ0) is 11.5. The molecule has 2 aliphatic rings. The highest BCUT2D eigenvalue weighted by molar-refractivity contribution is 5.79. The molecule has 0 spiro atoms. The Kier molecular flexibility index (Phi) is 3.82. The lowest BCUT2D eigenvalue weighted by Gasteiger charge is -2.36. The Morgan fingerprint density at radius 2 is 1.94 bits per heavy atom. The number of aliphatic hydroxyl groups is 1. The van der Waals surface area contributed by atoms with Crippen molar-refractivity contribution in [2.45, 2.75) is 50.7 Å². The number of nitrogens with two attached hydrogens (primary N) is 1. The summed E-state index contributed by atoms with van der Waals surface area (Å²) in [6.07, 6.45) is 5.54. The highest BCUT2D eigenvalue weighted by atomic mass is 16.3. The van der Waals surface area contributed by atoms with Gasteiger partial charge in [0.15, 0.2) is 0 Å². The van der Waals surface area contributed by atoms with Crippen LogP contribution in [0.1, 0.15) is 38.5 Å². The van der Waals surface area contributed by atoms with E-state index in [9.17, 15) is 9.90 Å². The predicted molar refractivity (Wildman–Crippen MR) is 61.8 cm³/mol. The van der Waals surface area contributed by atoms with Crippen molar-refractivity contribution < 1.29 is 9.90 Å². The van der Waals surface area contributed by atoms with Crippen LogP contribution in [-0.2, 0) is 4.79 Å². The number of nitrogens with zero attached hydrogens (tertiary/aromatic N) is 1. The van der Waals surface area contributed by atoms with Gasteiger partial charge in [-0.25, -0.2) is 0 Å². The molecule has 16 heavy (non-hydrogen) atoms. The van der Waals surface area contributed by atoms with Gasteiger partial charge in [0.2, 0.25) is 5.91 Å². The van der Waals surface area contributed by atoms with Crippen LogP contribution in [0.4, 0.5) is 0 Å². The normalized spacial score (nSPS) is 36.1. The third-order valence-electron chi connectivity index (χ3n) is 3.84. The number of carbonyl (C=O) groups excluding carboxylic acids is 1. The fraction of sp³-hybridized carbons (Fsp3) is 0.917. The summed E-state index contributed by atoms with van der Waals surface area (Å²) < 4.78 is 0. The Balaban J connectivity index is 1.94. The molecule has 1 aliphatic heterocycles. The first-order valence-corrected chi connectivity index (χ1v) is 6.41. The summed E-state index contributed by atoms with van der Waals surface area (Å²) in [5.41, 5.74) is 6.01. The molecular formula is C12H22N2O2. The van der Waals surface area contributed by atoms with Gasteiger partial charge < -0.3 is 15.7 Å². The summed E-state index contributed by atoms with van der Waals surface area (Å²) in [6.45, 7) is 1.29. The molecule has 3 unspecified atom stereocenters. The van der Waals surface area contributed by atoms with Crippen LogP contribution in [0.5, 0.6) is 0 Å². The van der Waals surface area contributed by atoms with E-state index >= 15 is 0 Å². The van der Waals surface area contributed by atoms with E-state index in [0.717, 1.165) is 45.1 Å². The van der Waals surface area contributed by atoms with E-state index in [-0.39, 0.29) is 24.0 Å². The SMILES string of the molecule is NC1CCCCC1C(=O)N1CCCC(O)C1. The molecule has 0 radical (unpaired) electrons. The van der Waals surface area contributed by atoms with Gasteiger partial charge in [-0.3, -0.25) is 4.79 Å². The van der Waals surface area contributed by atoms with Gasteiger partial charge in [0.05, 0.1) is 12.0 Å². The average Bonchev–Trinajstić information content (AvgIpc) is 2.29. The van der Waals surface area contributed by atoms with Crippen molar-refractivity contribution in [1.82, 2.24) is 4.90 Å². The van der Waals surface area contributed by atoms with Crippen molar-refractivity contribution in [3.63, 3.8) is 0 Å². The zero-order valence-electron chi connectivity index (χ0n) is 9.77. The first-order valence-electron chi connectivity index (χ1n) is 6.41. The van der Waals surface area contributed by atoms with Crippen molar-refractivity contribution in [2.24, 2.45) is 11.7 Å². The maximum absolute atomic E-state index is 12.2. The molecule has 1 saturated carbocycles. The fourth-order valence-corrected chi connectivity index (χ4v) is 2.86. The summed E-state index contributed by atoms with van der Waals surface area (Å²) in [7, 11) is 0. The number of carbonyl (C=O) groups is 1. The van der Waals surface area contributed by atoms with Crippen LogP contribution in [0.15, 0.2) is 0 Å². The number of aliphatic hydroxyl groups excluding tert-OH is 1. The fourth-order valence-electron chi connectivity index (χ4n) is 2.86. The number of likely N-dealkylation sites (tertiary alicyclic amines) is 1. The Bertz CT molecular complexity index is 257. The maximum Gasteiger partial charge on any atom is 0.227 e. The monoisotopic (exact) mass is 226 g/mol. The van der Waals surface area contributed by atoms with Gasteiger partial charge in [-0.2, -0.15) is 0 Å². The highest BCUT2D eigenvalue weighted by Crippen LogP contribution is 2.26. The van der Waals surface area contributed by atoms with E-state index < -0.39 is 0 Å². The first kappa shape index (κ1) is 11.9. The summed E-state index contributed by atoms with van der Waals surface area (Å²) >= 11 is 0. The Labute approximate surface area is 96.8 Å². The third-order valence-corrected chi connectivity index (χ3v) is 3.84. The van der Waals surface area contributed by atoms with Crippen molar-refractivity contribution in [3.05, 3.63) is 0 Å². The number of hydrogen-bond donors (Lipinski definition) is 2. The van der Waals surface area contributed by atoms with Crippen LogP contribution in [0.3, 0.4) is 0 Å².